The molecule has 1 N–H and O–H groups in total. The van der Waals surface area contributed by atoms with E-state index in [9.17, 15) is 4.79 Å². The number of aromatic nitrogens is 1. The summed E-state index contributed by atoms with van der Waals surface area (Å²) in [6.07, 6.45) is 2.45. The van der Waals surface area contributed by atoms with Crippen LogP contribution in [0.5, 0.6) is 0 Å². The van der Waals surface area contributed by atoms with Gasteiger partial charge >= 0.3 is 0 Å². The highest BCUT2D eigenvalue weighted by molar-refractivity contribution is 7.09. The molecule has 2 aromatic rings. The molecule has 0 spiro atoms. The molecule has 3 rings (SSSR count). The van der Waals surface area contributed by atoms with E-state index in [4.69, 9.17) is 4.74 Å². The summed E-state index contributed by atoms with van der Waals surface area (Å²) in [5, 5.41) is 6.16. The van der Waals surface area contributed by atoms with Crippen LogP contribution in [-0.4, -0.2) is 30.6 Å². The van der Waals surface area contributed by atoms with Crippen molar-refractivity contribution in [3.05, 3.63) is 40.7 Å². The Bertz CT molecular complexity index is 606. The predicted octanol–water partition coefficient (Wildman–Crippen LogP) is 2.90. The third-order valence-corrected chi connectivity index (χ3v) is 4.76. The Morgan fingerprint density at radius 1 is 1.27 bits per heavy atom. The number of nitrogens with one attached hydrogen (secondary N) is 1. The lowest BCUT2D eigenvalue weighted by molar-refractivity contribution is -0.127. The van der Waals surface area contributed by atoms with E-state index < -0.39 is 0 Å². The molecule has 116 valence electrons. The average Bonchev–Trinajstić information content (AvgIpc) is 3.05. The number of thiazole rings is 1. The molecule has 4 nitrogen and oxygen atoms in total. The zero-order valence-electron chi connectivity index (χ0n) is 12.5. The summed E-state index contributed by atoms with van der Waals surface area (Å²) in [6.45, 7) is 2.05. The smallest absolute Gasteiger partial charge is 0.223 e. The van der Waals surface area contributed by atoms with Crippen LogP contribution in [0.1, 0.15) is 17.8 Å². The fraction of sp³-hybridized carbons (Fsp3) is 0.412. The van der Waals surface area contributed by atoms with Gasteiger partial charge in [0.1, 0.15) is 0 Å². The largest absolute Gasteiger partial charge is 0.381 e. The Balaban J connectivity index is 1.48. The predicted molar refractivity (Wildman–Crippen MR) is 87.8 cm³/mol. The lowest BCUT2D eigenvalue weighted by Gasteiger charge is -2.21. The van der Waals surface area contributed by atoms with Gasteiger partial charge in [-0.2, -0.15) is 0 Å². The zero-order valence-corrected chi connectivity index (χ0v) is 13.3. The van der Waals surface area contributed by atoms with E-state index in [0.29, 0.717) is 19.8 Å². The summed E-state index contributed by atoms with van der Waals surface area (Å²) >= 11 is 1.65. The van der Waals surface area contributed by atoms with Crippen molar-refractivity contribution in [3.63, 3.8) is 0 Å². The van der Waals surface area contributed by atoms with Crippen molar-refractivity contribution < 1.29 is 9.53 Å². The van der Waals surface area contributed by atoms with Gasteiger partial charge in [0, 0.05) is 43.0 Å². The van der Waals surface area contributed by atoms with Crippen LogP contribution >= 0.6 is 11.3 Å². The van der Waals surface area contributed by atoms with Gasteiger partial charge in [-0.15, -0.1) is 11.3 Å². The summed E-state index contributed by atoms with van der Waals surface area (Å²) in [5.41, 5.74) is 2.15. The zero-order chi connectivity index (χ0) is 15.2. The third kappa shape index (κ3) is 3.93. The van der Waals surface area contributed by atoms with Crippen LogP contribution in [0.3, 0.4) is 0 Å². The van der Waals surface area contributed by atoms with Crippen LogP contribution in [-0.2, 0) is 16.0 Å². The van der Waals surface area contributed by atoms with Gasteiger partial charge in [-0.05, 0) is 12.8 Å². The molecule has 2 heterocycles. The Morgan fingerprint density at radius 3 is 2.82 bits per heavy atom. The highest BCUT2D eigenvalue weighted by atomic mass is 32.1. The van der Waals surface area contributed by atoms with Gasteiger partial charge in [-0.25, -0.2) is 4.98 Å². The molecule has 1 aliphatic heterocycles. The van der Waals surface area contributed by atoms with Gasteiger partial charge in [0.15, 0.2) is 0 Å². The number of carbonyl (C=O) groups excluding carboxylic acids is 1. The molecule has 1 aromatic carbocycles. The van der Waals surface area contributed by atoms with E-state index in [0.717, 1.165) is 35.5 Å². The maximum atomic E-state index is 12.0. The van der Waals surface area contributed by atoms with Crippen molar-refractivity contribution in [2.24, 2.45) is 5.92 Å². The summed E-state index contributed by atoms with van der Waals surface area (Å²) in [6, 6.07) is 10.2. The fourth-order valence-corrected chi connectivity index (χ4v) is 3.37. The van der Waals surface area contributed by atoms with Crippen molar-refractivity contribution in [2.45, 2.75) is 19.3 Å². The van der Waals surface area contributed by atoms with Gasteiger partial charge in [0.25, 0.3) is 0 Å². The summed E-state index contributed by atoms with van der Waals surface area (Å²) in [4.78, 5) is 16.7. The first-order chi connectivity index (χ1) is 10.8. The molecule has 22 heavy (non-hydrogen) atoms. The maximum Gasteiger partial charge on any atom is 0.223 e. The van der Waals surface area contributed by atoms with Gasteiger partial charge in [0.2, 0.25) is 5.91 Å². The lowest BCUT2D eigenvalue weighted by atomic mass is 9.99. The van der Waals surface area contributed by atoms with Crippen molar-refractivity contribution in [1.29, 1.82) is 0 Å². The molecule has 0 unspecified atom stereocenters. The highest BCUT2D eigenvalue weighted by Crippen LogP contribution is 2.21. The Kier molecular flexibility index (Phi) is 5.19. The molecule has 1 aromatic heterocycles. The minimum atomic E-state index is 0.116. The molecule has 5 heteroatoms. The summed E-state index contributed by atoms with van der Waals surface area (Å²) in [5.74, 6) is 0.271. The van der Waals surface area contributed by atoms with Crippen LogP contribution in [0.2, 0.25) is 0 Å². The van der Waals surface area contributed by atoms with Crippen LogP contribution in [0.25, 0.3) is 11.3 Å². The number of amides is 1. The molecule has 1 aliphatic rings. The first-order valence-electron chi connectivity index (χ1n) is 7.68. The standard InChI is InChI=1S/C17H20N2O2S/c20-17(14-7-10-21-11-8-14)18-9-6-16-19-15(12-22-16)13-4-2-1-3-5-13/h1-5,12,14H,6-11H2,(H,18,20). The van der Waals surface area contributed by atoms with Crippen LogP contribution in [0.4, 0.5) is 0 Å². The highest BCUT2D eigenvalue weighted by Gasteiger charge is 2.20. The van der Waals surface area contributed by atoms with Crippen LogP contribution in [0.15, 0.2) is 35.7 Å². The molecule has 1 fully saturated rings. The number of nitrogens with zero attached hydrogens (tertiary/aromatic N) is 1. The second kappa shape index (κ2) is 7.51. The molecular weight excluding hydrogens is 296 g/mol. The number of hydrogen-bond acceptors (Lipinski definition) is 4. The minimum absolute atomic E-state index is 0.116. The van der Waals surface area contributed by atoms with Gasteiger partial charge < -0.3 is 10.1 Å². The van der Waals surface area contributed by atoms with E-state index in [1.54, 1.807) is 11.3 Å². The van der Waals surface area contributed by atoms with E-state index in [-0.39, 0.29) is 11.8 Å². The molecule has 0 bridgehead atoms. The van der Waals surface area contributed by atoms with Gasteiger partial charge in [-0.3, -0.25) is 4.79 Å². The van der Waals surface area contributed by atoms with Gasteiger partial charge in [-0.1, -0.05) is 30.3 Å². The second-order valence-electron chi connectivity index (χ2n) is 5.42. The molecule has 0 aliphatic carbocycles. The van der Waals surface area contributed by atoms with Crippen molar-refractivity contribution in [1.82, 2.24) is 10.3 Å². The average molecular weight is 316 g/mol. The van der Waals surface area contributed by atoms with Crippen molar-refractivity contribution in [2.75, 3.05) is 19.8 Å². The number of benzene rings is 1. The molecular formula is C17H20N2O2S. The first kappa shape index (κ1) is 15.2. The molecule has 1 saturated heterocycles. The molecule has 1 amide bonds. The second-order valence-corrected chi connectivity index (χ2v) is 6.36. The quantitative estimate of drug-likeness (QED) is 0.923. The number of hydrogen-bond donors (Lipinski definition) is 1. The minimum Gasteiger partial charge on any atom is -0.381 e. The Hall–Kier alpha value is -1.72. The third-order valence-electron chi connectivity index (χ3n) is 3.85. The number of ether oxygens (including phenoxy) is 1. The van der Waals surface area contributed by atoms with Crippen molar-refractivity contribution >= 4 is 17.2 Å². The first-order valence-corrected chi connectivity index (χ1v) is 8.56. The molecule has 0 radical (unpaired) electrons. The van der Waals surface area contributed by atoms with Gasteiger partial charge in [0.05, 0.1) is 10.7 Å². The molecule has 0 saturated carbocycles. The normalized spacial score (nSPS) is 15.6. The monoisotopic (exact) mass is 316 g/mol. The van der Waals surface area contributed by atoms with Crippen LogP contribution in [0, 0.1) is 5.92 Å². The molecule has 0 atom stereocenters. The van der Waals surface area contributed by atoms with E-state index in [1.165, 1.54) is 0 Å². The van der Waals surface area contributed by atoms with E-state index >= 15 is 0 Å². The van der Waals surface area contributed by atoms with Crippen molar-refractivity contribution in [3.8, 4) is 11.3 Å². The van der Waals surface area contributed by atoms with Crippen LogP contribution < -0.4 is 5.32 Å². The fourth-order valence-electron chi connectivity index (χ4n) is 2.56. The Morgan fingerprint density at radius 2 is 2.05 bits per heavy atom. The Labute approximate surface area is 134 Å². The number of rotatable bonds is 5. The van der Waals surface area contributed by atoms with E-state index in [1.807, 2.05) is 18.2 Å². The summed E-state index contributed by atoms with van der Waals surface area (Å²) < 4.78 is 5.28. The van der Waals surface area contributed by atoms with E-state index in [2.05, 4.69) is 27.8 Å². The lowest BCUT2D eigenvalue weighted by Crippen LogP contribution is -2.35. The summed E-state index contributed by atoms with van der Waals surface area (Å²) in [7, 11) is 0. The SMILES string of the molecule is O=C(NCCc1nc(-c2ccccc2)cs1)C1CCOCC1. The maximum absolute atomic E-state index is 12.0. The number of carbonyl (C=O) groups is 1. The topological polar surface area (TPSA) is 51.2 Å².